The molecule has 0 bridgehead atoms. The maximum Gasteiger partial charge on any atom is 0.434 e. The van der Waals surface area contributed by atoms with E-state index in [1.54, 1.807) is 17.9 Å². The van der Waals surface area contributed by atoms with E-state index in [1.807, 2.05) is 0 Å². The minimum Gasteiger partial charge on any atom is -0.481 e. The Morgan fingerprint density at radius 2 is 2.04 bits per heavy atom. The van der Waals surface area contributed by atoms with Crippen LogP contribution in [0.15, 0.2) is 0 Å². The first-order valence-corrected chi connectivity index (χ1v) is 8.19. The van der Waals surface area contributed by atoms with E-state index < -0.39 is 29.3 Å². The Hall–Kier alpha value is -2.47. The van der Waals surface area contributed by atoms with Crippen LogP contribution in [0.1, 0.15) is 29.8 Å². The molecule has 1 saturated heterocycles. The average molecular weight is 387 g/mol. The molecule has 0 atom stereocenters. The summed E-state index contributed by atoms with van der Waals surface area (Å²) in [7, 11) is 0. The second kappa shape index (κ2) is 6.36. The number of hydrogen-bond acceptors (Lipinski definition) is 4. The molecular weight excluding hydrogens is 373 g/mol. The second-order valence-electron chi connectivity index (χ2n) is 6.18. The van der Waals surface area contributed by atoms with Crippen molar-refractivity contribution in [2.45, 2.75) is 25.9 Å². The highest BCUT2D eigenvalue weighted by atomic mass is 35.5. The van der Waals surface area contributed by atoms with Crippen LogP contribution in [-0.2, 0) is 11.0 Å². The maximum atomic E-state index is 13.5. The number of H-pyrrole nitrogens is 1. The third kappa shape index (κ3) is 2.94. The first-order valence-electron chi connectivity index (χ1n) is 7.82. The number of anilines is 1. The van der Waals surface area contributed by atoms with Gasteiger partial charge in [0.2, 0.25) is 0 Å². The Bertz CT molecular complexity index is 924. The number of nitriles is 1. The number of carbonyl (C=O) groups is 1. The van der Waals surface area contributed by atoms with Crippen LogP contribution in [0.3, 0.4) is 0 Å². The van der Waals surface area contributed by atoms with Crippen LogP contribution in [0.4, 0.5) is 18.9 Å². The smallest absolute Gasteiger partial charge is 0.434 e. The van der Waals surface area contributed by atoms with Crippen LogP contribution < -0.4 is 4.90 Å². The molecule has 0 aliphatic carbocycles. The van der Waals surface area contributed by atoms with Crippen LogP contribution >= 0.6 is 11.6 Å². The van der Waals surface area contributed by atoms with E-state index in [1.165, 1.54) is 0 Å². The number of aromatic nitrogens is 2. The zero-order valence-electron chi connectivity index (χ0n) is 13.6. The Balaban J connectivity index is 2.21. The van der Waals surface area contributed by atoms with E-state index in [2.05, 4.69) is 9.97 Å². The Labute approximate surface area is 151 Å². The lowest BCUT2D eigenvalue weighted by atomic mass is 9.96. The molecule has 0 saturated carbocycles. The highest BCUT2D eigenvalue weighted by molar-refractivity contribution is 6.36. The lowest BCUT2D eigenvalue weighted by Gasteiger charge is -2.33. The van der Waals surface area contributed by atoms with Crippen LogP contribution in [-0.4, -0.2) is 34.1 Å². The number of aliphatic carboxylic acids is 1. The van der Waals surface area contributed by atoms with Crippen LogP contribution in [0.5, 0.6) is 0 Å². The molecule has 0 radical (unpaired) electrons. The van der Waals surface area contributed by atoms with Gasteiger partial charge in [-0.15, -0.1) is 0 Å². The molecule has 0 unspecified atom stereocenters. The summed E-state index contributed by atoms with van der Waals surface area (Å²) in [5, 5.41) is 18.6. The molecule has 2 aromatic heterocycles. The third-order valence-electron chi connectivity index (χ3n) is 4.56. The summed E-state index contributed by atoms with van der Waals surface area (Å²) in [6.45, 7) is 2.04. The number of nitrogens with zero attached hydrogens (tertiary/aromatic N) is 3. The molecule has 2 aromatic rings. The standard InChI is InChI=1S/C16H14ClF3N4O2/c1-7-10(17)11-12(22-7)13(9(6-21)14(23-11)16(18,19)20)24-4-2-8(3-5-24)15(25)26/h8,22H,2-5H2,1H3,(H,25,26). The molecule has 0 amide bonds. The minimum absolute atomic E-state index is 0.0501. The Kier molecular flexibility index (Phi) is 4.48. The lowest BCUT2D eigenvalue weighted by molar-refractivity contribution is -0.142. The van der Waals surface area contributed by atoms with Gasteiger partial charge in [-0.2, -0.15) is 18.4 Å². The van der Waals surface area contributed by atoms with Crippen molar-refractivity contribution in [1.82, 2.24) is 9.97 Å². The molecule has 0 aromatic carbocycles. The highest BCUT2D eigenvalue weighted by Gasteiger charge is 2.40. The van der Waals surface area contributed by atoms with Crippen LogP contribution in [0.25, 0.3) is 11.0 Å². The van der Waals surface area contributed by atoms with Gasteiger partial charge in [0.25, 0.3) is 0 Å². The zero-order valence-corrected chi connectivity index (χ0v) is 14.4. The Morgan fingerprint density at radius 1 is 1.42 bits per heavy atom. The predicted molar refractivity (Wildman–Crippen MR) is 88.1 cm³/mol. The van der Waals surface area contributed by atoms with Gasteiger partial charge < -0.3 is 15.0 Å². The molecule has 26 heavy (non-hydrogen) atoms. The summed E-state index contributed by atoms with van der Waals surface area (Å²) in [6.07, 6.45) is -4.26. The number of alkyl halides is 3. The van der Waals surface area contributed by atoms with E-state index in [4.69, 9.17) is 16.7 Å². The number of rotatable bonds is 2. The number of aromatic amines is 1. The Morgan fingerprint density at radius 3 is 2.54 bits per heavy atom. The SMILES string of the molecule is Cc1[nH]c2c(N3CCC(C(=O)O)CC3)c(C#N)c(C(F)(F)F)nc2c1Cl. The van der Waals surface area contributed by atoms with E-state index in [-0.39, 0.29) is 47.7 Å². The number of fused-ring (bicyclic) bond motifs is 1. The summed E-state index contributed by atoms with van der Waals surface area (Å²) in [6, 6.07) is 1.62. The van der Waals surface area contributed by atoms with Crippen LogP contribution in [0, 0.1) is 24.2 Å². The lowest BCUT2D eigenvalue weighted by Crippen LogP contribution is -2.37. The van der Waals surface area contributed by atoms with Crippen molar-refractivity contribution in [1.29, 1.82) is 5.26 Å². The molecule has 10 heteroatoms. The number of piperidine rings is 1. The number of aryl methyl sites for hydroxylation is 1. The summed E-state index contributed by atoms with van der Waals surface area (Å²) in [5.74, 6) is -1.48. The third-order valence-corrected chi connectivity index (χ3v) is 5.02. The van der Waals surface area contributed by atoms with Crippen molar-refractivity contribution < 1.29 is 23.1 Å². The molecule has 1 aliphatic heterocycles. The fourth-order valence-electron chi connectivity index (χ4n) is 3.25. The molecule has 1 aliphatic rings. The molecule has 138 valence electrons. The van der Waals surface area contributed by atoms with E-state index >= 15 is 0 Å². The van der Waals surface area contributed by atoms with Gasteiger partial charge in [0, 0.05) is 18.8 Å². The summed E-state index contributed by atoms with van der Waals surface area (Å²) in [4.78, 5) is 19.2. The summed E-state index contributed by atoms with van der Waals surface area (Å²) in [5.41, 5.74) is -1.15. The van der Waals surface area contributed by atoms with Gasteiger partial charge in [0.05, 0.1) is 22.1 Å². The van der Waals surface area contributed by atoms with Gasteiger partial charge in [-0.05, 0) is 19.8 Å². The van der Waals surface area contributed by atoms with E-state index in [0.717, 1.165) is 0 Å². The molecule has 2 N–H and O–H groups in total. The van der Waals surface area contributed by atoms with Crippen molar-refractivity contribution in [2.24, 2.45) is 5.92 Å². The van der Waals surface area contributed by atoms with Gasteiger partial charge in [-0.3, -0.25) is 4.79 Å². The van der Waals surface area contributed by atoms with Gasteiger partial charge >= 0.3 is 12.1 Å². The minimum atomic E-state index is -4.82. The van der Waals surface area contributed by atoms with Gasteiger partial charge in [0.1, 0.15) is 17.1 Å². The number of carboxylic acids is 1. The molecule has 3 heterocycles. The second-order valence-corrected chi connectivity index (χ2v) is 6.56. The van der Waals surface area contributed by atoms with Crippen molar-refractivity contribution in [3.8, 4) is 6.07 Å². The van der Waals surface area contributed by atoms with Crippen molar-refractivity contribution >= 4 is 34.3 Å². The van der Waals surface area contributed by atoms with Gasteiger partial charge in [-0.1, -0.05) is 11.6 Å². The topological polar surface area (TPSA) is 93.0 Å². The first kappa shape index (κ1) is 18.3. The number of nitrogens with one attached hydrogen (secondary N) is 1. The summed E-state index contributed by atoms with van der Waals surface area (Å²) >= 11 is 6.09. The zero-order chi connectivity index (χ0) is 19.2. The van der Waals surface area contributed by atoms with E-state index in [0.29, 0.717) is 5.69 Å². The maximum absolute atomic E-state index is 13.5. The number of pyridine rings is 1. The monoisotopic (exact) mass is 386 g/mol. The fraction of sp³-hybridized carbons (Fsp3) is 0.438. The quantitative estimate of drug-likeness (QED) is 0.820. The number of carboxylic acid groups (broad SMARTS) is 1. The first-order chi connectivity index (χ1) is 12.1. The molecular formula is C16H14ClF3N4O2. The van der Waals surface area contributed by atoms with Crippen molar-refractivity contribution in [3.05, 3.63) is 22.0 Å². The summed E-state index contributed by atoms with van der Waals surface area (Å²) < 4.78 is 40.4. The molecule has 3 rings (SSSR count). The van der Waals surface area contributed by atoms with Gasteiger partial charge in [0.15, 0.2) is 5.69 Å². The normalized spacial score (nSPS) is 16.1. The molecule has 1 fully saturated rings. The molecule has 6 nitrogen and oxygen atoms in total. The molecule has 0 spiro atoms. The van der Waals surface area contributed by atoms with Crippen molar-refractivity contribution in [2.75, 3.05) is 18.0 Å². The highest BCUT2D eigenvalue weighted by Crippen LogP contribution is 2.42. The van der Waals surface area contributed by atoms with Crippen molar-refractivity contribution in [3.63, 3.8) is 0 Å². The number of halogens is 4. The average Bonchev–Trinajstić information content (AvgIpc) is 2.87. The fourth-order valence-corrected chi connectivity index (χ4v) is 3.43. The van der Waals surface area contributed by atoms with Gasteiger partial charge in [-0.25, -0.2) is 4.98 Å². The number of hydrogen-bond donors (Lipinski definition) is 2. The largest absolute Gasteiger partial charge is 0.481 e. The van der Waals surface area contributed by atoms with Crippen LogP contribution in [0.2, 0.25) is 5.02 Å². The van der Waals surface area contributed by atoms with E-state index in [9.17, 15) is 23.2 Å². The predicted octanol–water partition coefficient (Wildman–Crippen LogP) is 3.72.